The molecule has 1 aromatic carbocycles. The van der Waals surface area contributed by atoms with Crippen LogP contribution in [0.2, 0.25) is 0 Å². The van der Waals surface area contributed by atoms with Gasteiger partial charge >= 0.3 is 0 Å². The number of nitrogens with one attached hydrogen (secondary N) is 1. The maximum Gasteiger partial charge on any atom is 0.271 e. The summed E-state index contributed by atoms with van der Waals surface area (Å²) >= 11 is 1.18. The summed E-state index contributed by atoms with van der Waals surface area (Å²) in [5, 5.41) is 0. The maximum atomic E-state index is 14.6. The fraction of sp³-hybridized carbons (Fsp3) is 0.412. The molecule has 0 bridgehead atoms. The molecule has 2 unspecified atom stereocenters. The standard InChI is InChI=1S/C17H21FN2O3S2/c1-11-9-20(10-12(2)23-11)16-6-5-14(8-15(16)18)19-25(21,22)17-7-4-13(3)24-17/h4-8,11-12,19H,9-10H2,1-3H3. The van der Waals surface area contributed by atoms with E-state index in [-0.39, 0.29) is 22.1 Å². The number of hydrogen-bond donors (Lipinski definition) is 1. The van der Waals surface area contributed by atoms with Gasteiger partial charge in [0.2, 0.25) is 0 Å². The van der Waals surface area contributed by atoms with Crippen LogP contribution in [0.1, 0.15) is 18.7 Å². The largest absolute Gasteiger partial charge is 0.372 e. The van der Waals surface area contributed by atoms with Crippen LogP contribution in [-0.4, -0.2) is 33.7 Å². The lowest BCUT2D eigenvalue weighted by molar-refractivity contribution is -0.00539. The van der Waals surface area contributed by atoms with Crippen molar-refractivity contribution in [3.05, 3.63) is 41.0 Å². The summed E-state index contributed by atoms with van der Waals surface area (Å²) in [6.07, 6.45) is 0.0341. The summed E-state index contributed by atoms with van der Waals surface area (Å²) in [5.74, 6) is -0.455. The molecule has 0 radical (unpaired) electrons. The highest BCUT2D eigenvalue weighted by Gasteiger charge is 2.25. The third-order valence-electron chi connectivity index (χ3n) is 3.94. The zero-order chi connectivity index (χ0) is 18.2. The highest BCUT2D eigenvalue weighted by Crippen LogP contribution is 2.28. The van der Waals surface area contributed by atoms with Crippen molar-refractivity contribution < 1.29 is 17.5 Å². The molecule has 0 spiro atoms. The Kier molecular flexibility index (Phi) is 5.04. The summed E-state index contributed by atoms with van der Waals surface area (Å²) in [7, 11) is -3.70. The van der Waals surface area contributed by atoms with Crippen LogP contribution in [0.5, 0.6) is 0 Å². The SMILES string of the molecule is Cc1ccc(S(=O)(=O)Nc2ccc(N3CC(C)OC(C)C3)c(F)c2)s1. The van der Waals surface area contributed by atoms with Crippen LogP contribution in [0.4, 0.5) is 15.8 Å². The lowest BCUT2D eigenvalue weighted by atomic mass is 10.2. The lowest BCUT2D eigenvalue weighted by Crippen LogP contribution is -2.45. The average molecular weight is 384 g/mol. The van der Waals surface area contributed by atoms with E-state index in [2.05, 4.69) is 4.72 Å². The zero-order valence-electron chi connectivity index (χ0n) is 14.3. The molecule has 1 saturated heterocycles. The number of ether oxygens (including phenoxy) is 1. The Labute approximate surface area is 151 Å². The molecule has 2 aromatic rings. The average Bonchev–Trinajstić information content (AvgIpc) is 2.93. The fourth-order valence-corrected chi connectivity index (χ4v) is 5.30. The van der Waals surface area contributed by atoms with Crippen LogP contribution < -0.4 is 9.62 Å². The van der Waals surface area contributed by atoms with Gasteiger partial charge in [0.25, 0.3) is 10.0 Å². The molecule has 0 amide bonds. The highest BCUT2D eigenvalue weighted by atomic mass is 32.2. The second-order valence-corrected chi connectivity index (χ2v) is 9.50. The molecule has 25 heavy (non-hydrogen) atoms. The summed E-state index contributed by atoms with van der Waals surface area (Å²) in [5.41, 5.74) is 0.665. The molecular weight excluding hydrogens is 363 g/mol. The Morgan fingerprint density at radius 2 is 1.88 bits per heavy atom. The topological polar surface area (TPSA) is 58.6 Å². The third-order valence-corrected chi connectivity index (χ3v) is 6.81. The van der Waals surface area contributed by atoms with E-state index in [0.29, 0.717) is 18.8 Å². The van der Waals surface area contributed by atoms with Crippen molar-refractivity contribution in [1.82, 2.24) is 0 Å². The first-order valence-electron chi connectivity index (χ1n) is 8.04. The first-order chi connectivity index (χ1) is 11.7. The minimum atomic E-state index is -3.70. The van der Waals surface area contributed by atoms with Crippen LogP contribution in [0.15, 0.2) is 34.5 Å². The zero-order valence-corrected chi connectivity index (χ0v) is 16.0. The third kappa shape index (κ3) is 4.13. The van der Waals surface area contributed by atoms with Crippen LogP contribution >= 0.6 is 11.3 Å². The van der Waals surface area contributed by atoms with Crippen molar-refractivity contribution >= 4 is 32.7 Å². The lowest BCUT2D eigenvalue weighted by Gasteiger charge is -2.37. The van der Waals surface area contributed by atoms with Gasteiger partial charge in [-0.1, -0.05) is 0 Å². The maximum absolute atomic E-state index is 14.6. The Balaban J connectivity index is 1.80. The van der Waals surface area contributed by atoms with E-state index in [4.69, 9.17) is 4.74 Å². The van der Waals surface area contributed by atoms with E-state index in [0.717, 1.165) is 4.88 Å². The molecule has 136 valence electrons. The van der Waals surface area contributed by atoms with Crippen LogP contribution in [0.3, 0.4) is 0 Å². The van der Waals surface area contributed by atoms with Crippen molar-refractivity contribution in [2.24, 2.45) is 0 Å². The number of hydrogen-bond acceptors (Lipinski definition) is 5. The van der Waals surface area contributed by atoms with E-state index < -0.39 is 15.8 Å². The number of rotatable bonds is 4. The summed E-state index contributed by atoms with van der Waals surface area (Å²) in [6.45, 7) is 6.93. The van der Waals surface area contributed by atoms with Gasteiger partial charge in [0.05, 0.1) is 23.6 Å². The van der Waals surface area contributed by atoms with Crippen molar-refractivity contribution in [3.8, 4) is 0 Å². The van der Waals surface area contributed by atoms with Gasteiger partial charge in [0, 0.05) is 24.0 Å². The van der Waals surface area contributed by atoms with E-state index in [9.17, 15) is 12.8 Å². The monoisotopic (exact) mass is 384 g/mol. The van der Waals surface area contributed by atoms with Crippen molar-refractivity contribution in [1.29, 1.82) is 0 Å². The van der Waals surface area contributed by atoms with Gasteiger partial charge in [0.1, 0.15) is 10.0 Å². The second kappa shape index (κ2) is 6.93. The van der Waals surface area contributed by atoms with Gasteiger partial charge in [0.15, 0.2) is 0 Å². The highest BCUT2D eigenvalue weighted by molar-refractivity contribution is 7.94. The number of morpholine rings is 1. The number of thiophene rings is 1. The minimum absolute atomic E-state index is 0.0170. The Hall–Kier alpha value is -1.64. The van der Waals surface area contributed by atoms with Gasteiger partial charge in [-0.15, -0.1) is 11.3 Å². The van der Waals surface area contributed by atoms with E-state index in [1.54, 1.807) is 24.3 Å². The number of benzene rings is 1. The van der Waals surface area contributed by atoms with Gasteiger partial charge in [-0.25, -0.2) is 12.8 Å². The summed E-state index contributed by atoms with van der Waals surface area (Å²) < 4.78 is 47.6. The molecule has 3 rings (SSSR count). The van der Waals surface area contributed by atoms with Crippen LogP contribution in [0, 0.1) is 12.7 Å². The molecule has 1 aliphatic heterocycles. The summed E-state index contributed by atoms with van der Waals surface area (Å²) in [4.78, 5) is 2.83. The molecule has 1 fully saturated rings. The summed E-state index contributed by atoms with van der Waals surface area (Å²) in [6, 6.07) is 7.70. The molecule has 8 heteroatoms. The number of anilines is 2. The predicted octanol–water partition coefficient (Wildman–Crippen LogP) is 3.61. The van der Waals surface area contributed by atoms with Crippen molar-refractivity contribution in [3.63, 3.8) is 0 Å². The quantitative estimate of drug-likeness (QED) is 0.875. The molecule has 1 aliphatic rings. The second-order valence-electron chi connectivity index (χ2n) is 6.30. The number of nitrogens with zero attached hydrogens (tertiary/aromatic N) is 1. The minimum Gasteiger partial charge on any atom is -0.372 e. The molecule has 2 heterocycles. The molecular formula is C17H21FN2O3S2. The molecule has 2 atom stereocenters. The first kappa shape index (κ1) is 18.2. The van der Waals surface area contributed by atoms with Gasteiger partial charge in [-0.3, -0.25) is 4.72 Å². The normalized spacial score (nSPS) is 21.4. The van der Waals surface area contributed by atoms with E-state index in [1.165, 1.54) is 17.4 Å². The van der Waals surface area contributed by atoms with E-state index in [1.807, 2.05) is 25.7 Å². The number of halogens is 1. The molecule has 5 nitrogen and oxygen atoms in total. The Bertz CT molecular complexity index is 857. The molecule has 0 saturated carbocycles. The van der Waals surface area contributed by atoms with Gasteiger partial charge in [-0.05, 0) is 45.0 Å². The molecule has 0 aliphatic carbocycles. The van der Waals surface area contributed by atoms with Crippen molar-refractivity contribution in [2.75, 3.05) is 22.7 Å². The molecule has 1 N–H and O–H groups in total. The first-order valence-corrected chi connectivity index (χ1v) is 10.3. The Morgan fingerprint density at radius 3 is 2.44 bits per heavy atom. The van der Waals surface area contributed by atoms with Crippen LogP contribution in [-0.2, 0) is 14.8 Å². The van der Waals surface area contributed by atoms with Gasteiger partial charge in [-0.2, -0.15) is 0 Å². The fourth-order valence-electron chi connectivity index (χ4n) is 2.96. The molecule has 1 aromatic heterocycles. The Morgan fingerprint density at radius 1 is 1.20 bits per heavy atom. The van der Waals surface area contributed by atoms with Crippen LogP contribution in [0.25, 0.3) is 0 Å². The van der Waals surface area contributed by atoms with Crippen molar-refractivity contribution in [2.45, 2.75) is 37.2 Å². The number of sulfonamides is 1. The number of aryl methyl sites for hydroxylation is 1. The van der Waals surface area contributed by atoms with Gasteiger partial charge < -0.3 is 9.64 Å². The van der Waals surface area contributed by atoms with E-state index >= 15 is 0 Å². The smallest absolute Gasteiger partial charge is 0.271 e. The predicted molar refractivity (Wildman–Crippen MR) is 98.5 cm³/mol.